The molecule has 0 spiro atoms. The summed E-state index contributed by atoms with van der Waals surface area (Å²) in [6, 6.07) is 0. The minimum absolute atomic E-state index is 0.203. The lowest BCUT2D eigenvalue weighted by atomic mass is 9.90. The van der Waals surface area contributed by atoms with Gasteiger partial charge < -0.3 is 19.3 Å². The molecule has 13 heavy (non-hydrogen) atoms. The molecule has 1 unspecified atom stereocenters. The highest BCUT2D eigenvalue weighted by Gasteiger charge is 2.52. The third-order valence-electron chi connectivity index (χ3n) is 2.19. The SMILES string of the molecule is B[C@]1(F)O[C@H](COC)C(OC)[C@@H]1O. The molecular weight excluding hydrogens is 178 g/mol. The molecule has 6 heteroatoms. The third kappa shape index (κ3) is 2.02. The lowest BCUT2D eigenvalue weighted by molar-refractivity contribution is -0.120. The van der Waals surface area contributed by atoms with Crippen LogP contribution >= 0.6 is 0 Å². The second-order valence-corrected chi connectivity index (χ2v) is 3.24. The van der Waals surface area contributed by atoms with Crippen molar-refractivity contribution in [3.8, 4) is 0 Å². The third-order valence-corrected chi connectivity index (χ3v) is 2.19. The minimum atomic E-state index is -2.05. The van der Waals surface area contributed by atoms with Gasteiger partial charge in [0.25, 0.3) is 0 Å². The van der Waals surface area contributed by atoms with Crippen molar-refractivity contribution in [3.05, 3.63) is 0 Å². The Labute approximate surface area is 77.4 Å². The predicted octanol–water partition coefficient (Wildman–Crippen LogP) is -1.34. The molecule has 0 aromatic rings. The Morgan fingerprint density at radius 2 is 2.23 bits per heavy atom. The van der Waals surface area contributed by atoms with E-state index in [1.165, 1.54) is 22.1 Å². The summed E-state index contributed by atoms with van der Waals surface area (Å²) < 4.78 is 28.1. The molecular formula is C7H14BFO4. The van der Waals surface area contributed by atoms with E-state index in [4.69, 9.17) is 14.2 Å². The molecule has 1 aliphatic heterocycles. The van der Waals surface area contributed by atoms with Gasteiger partial charge in [-0.25, -0.2) is 4.39 Å². The molecule has 0 amide bonds. The molecule has 4 nitrogen and oxygen atoms in total. The highest BCUT2D eigenvalue weighted by molar-refractivity contribution is 6.14. The molecule has 1 rings (SSSR count). The van der Waals surface area contributed by atoms with Crippen molar-refractivity contribution in [1.29, 1.82) is 0 Å². The number of ether oxygens (including phenoxy) is 3. The Balaban J connectivity index is 2.67. The van der Waals surface area contributed by atoms with Crippen LogP contribution in [0.3, 0.4) is 0 Å². The number of alkyl halides is 1. The number of rotatable bonds is 3. The topological polar surface area (TPSA) is 47.9 Å². The van der Waals surface area contributed by atoms with E-state index < -0.39 is 24.1 Å². The molecule has 1 aliphatic rings. The Morgan fingerprint density at radius 3 is 2.69 bits per heavy atom. The van der Waals surface area contributed by atoms with E-state index >= 15 is 0 Å². The first-order valence-corrected chi connectivity index (χ1v) is 4.09. The van der Waals surface area contributed by atoms with Crippen LogP contribution in [-0.4, -0.2) is 57.8 Å². The van der Waals surface area contributed by atoms with Gasteiger partial charge in [0.15, 0.2) is 13.6 Å². The van der Waals surface area contributed by atoms with Crippen LogP contribution < -0.4 is 0 Å². The second kappa shape index (κ2) is 3.92. The van der Waals surface area contributed by atoms with Crippen molar-refractivity contribution >= 4 is 7.85 Å². The first kappa shape index (κ1) is 10.9. The highest BCUT2D eigenvalue weighted by Crippen LogP contribution is 2.31. The summed E-state index contributed by atoms with van der Waals surface area (Å²) >= 11 is 0. The highest BCUT2D eigenvalue weighted by atomic mass is 19.2. The minimum Gasteiger partial charge on any atom is -0.385 e. The maximum Gasteiger partial charge on any atom is 0.195 e. The van der Waals surface area contributed by atoms with Crippen LogP contribution in [-0.2, 0) is 14.2 Å². The fourth-order valence-electron chi connectivity index (χ4n) is 1.50. The van der Waals surface area contributed by atoms with Crippen molar-refractivity contribution in [2.75, 3.05) is 20.8 Å². The molecule has 1 saturated heterocycles. The summed E-state index contributed by atoms with van der Waals surface area (Å²) in [5.74, 6) is -2.05. The van der Waals surface area contributed by atoms with Crippen LogP contribution in [0.4, 0.5) is 4.39 Å². The molecule has 0 radical (unpaired) electrons. The average molecular weight is 192 g/mol. The molecule has 0 aliphatic carbocycles. The van der Waals surface area contributed by atoms with Gasteiger partial charge >= 0.3 is 0 Å². The number of aliphatic hydroxyl groups excluding tert-OH is 1. The van der Waals surface area contributed by atoms with Gasteiger partial charge in [-0.15, -0.1) is 0 Å². The molecule has 1 N–H and O–H groups in total. The van der Waals surface area contributed by atoms with Gasteiger partial charge in [-0.2, -0.15) is 0 Å². The Morgan fingerprint density at radius 1 is 1.62 bits per heavy atom. The molecule has 1 heterocycles. The normalized spacial score (nSPS) is 45.4. The van der Waals surface area contributed by atoms with Crippen LogP contribution in [0.25, 0.3) is 0 Å². The van der Waals surface area contributed by atoms with Crippen molar-refractivity contribution in [2.24, 2.45) is 0 Å². The zero-order valence-electron chi connectivity index (χ0n) is 7.99. The zero-order valence-corrected chi connectivity index (χ0v) is 7.99. The van der Waals surface area contributed by atoms with E-state index in [-0.39, 0.29) is 6.61 Å². The largest absolute Gasteiger partial charge is 0.385 e. The van der Waals surface area contributed by atoms with Gasteiger partial charge in [-0.1, -0.05) is 0 Å². The number of hydrogen-bond acceptors (Lipinski definition) is 4. The fourth-order valence-corrected chi connectivity index (χ4v) is 1.50. The van der Waals surface area contributed by atoms with Crippen molar-refractivity contribution in [1.82, 2.24) is 0 Å². The molecule has 4 atom stereocenters. The van der Waals surface area contributed by atoms with Crippen molar-refractivity contribution < 1.29 is 23.7 Å². The summed E-state index contributed by atoms with van der Waals surface area (Å²) in [5, 5.41) is 9.43. The molecule has 0 aromatic carbocycles. The van der Waals surface area contributed by atoms with E-state index in [9.17, 15) is 9.50 Å². The predicted molar refractivity (Wildman–Crippen MR) is 45.9 cm³/mol. The van der Waals surface area contributed by atoms with Crippen LogP contribution in [0.5, 0.6) is 0 Å². The Kier molecular flexibility index (Phi) is 3.29. The lowest BCUT2D eigenvalue weighted by Crippen LogP contribution is -2.40. The quantitative estimate of drug-likeness (QED) is 0.562. The second-order valence-electron chi connectivity index (χ2n) is 3.24. The maximum absolute atomic E-state index is 13.4. The number of aliphatic hydroxyl groups is 1. The number of halogens is 1. The van der Waals surface area contributed by atoms with E-state index in [1.807, 2.05) is 0 Å². The smallest absolute Gasteiger partial charge is 0.195 e. The summed E-state index contributed by atoms with van der Waals surface area (Å²) in [6.45, 7) is 0.203. The summed E-state index contributed by atoms with van der Waals surface area (Å²) in [7, 11) is 4.07. The Bertz CT molecular complexity index is 178. The van der Waals surface area contributed by atoms with Crippen molar-refractivity contribution in [2.45, 2.75) is 24.1 Å². The molecule has 1 fully saturated rings. The number of methoxy groups -OCH3 is 2. The first-order chi connectivity index (χ1) is 6.03. The van der Waals surface area contributed by atoms with Gasteiger partial charge in [0.05, 0.1) is 6.61 Å². The van der Waals surface area contributed by atoms with Gasteiger partial charge in [-0.05, 0) is 0 Å². The van der Waals surface area contributed by atoms with E-state index in [0.29, 0.717) is 0 Å². The van der Waals surface area contributed by atoms with Crippen LogP contribution in [0.1, 0.15) is 0 Å². The fraction of sp³-hybridized carbons (Fsp3) is 1.00. The number of hydrogen-bond donors (Lipinski definition) is 1. The summed E-state index contributed by atoms with van der Waals surface area (Å²) in [5.41, 5.74) is 0. The van der Waals surface area contributed by atoms with Crippen LogP contribution in [0.2, 0.25) is 0 Å². The van der Waals surface area contributed by atoms with E-state index in [1.54, 1.807) is 0 Å². The Hall–Kier alpha value is -0.165. The van der Waals surface area contributed by atoms with Gasteiger partial charge in [-0.3, -0.25) is 0 Å². The van der Waals surface area contributed by atoms with Crippen LogP contribution in [0.15, 0.2) is 0 Å². The summed E-state index contributed by atoms with van der Waals surface area (Å²) in [4.78, 5) is 0. The van der Waals surface area contributed by atoms with E-state index in [0.717, 1.165) is 0 Å². The monoisotopic (exact) mass is 192 g/mol. The van der Waals surface area contributed by atoms with E-state index in [2.05, 4.69) is 0 Å². The average Bonchev–Trinajstić information content (AvgIpc) is 2.24. The van der Waals surface area contributed by atoms with Crippen LogP contribution in [0, 0.1) is 0 Å². The molecule has 0 saturated carbocycles. The van der Waals surface area contributed by atoms with Gasteiger partial charge in [0, 0.05) is 14.2 Å². The van der Waals surface area contributed by atoms with Crippen molar-refractivity contribution in [3.63, 3.8) is 0 Å². The standard InChI is InChI=1S/C7H14BFO4/c1-11-3-4-5(12-2)6(10)7(8,9)13-4/h4-6,10H,3,8H2,1-2H3/t4-,5?,6+,7-/m1/s1. The van der Waals surface area contributed by atoms with Gasteiger partial charge in [0.1, 0.15) is 18.3 Å². The zero-order chi connectivity index (χ0) is 10.1. The van der Waals surface area contributed by atoms with Gasteiger partial charge in [0.2, 0.25) is 0 Å². The molecule has 0 bridgehead atoms. The lowest BCUT2D eigenvalue weighted by Gasteiger charge is -2.18. The molecule has 0 aromatic heterocycles. The molecule has 76 valence electrons. The maximum atomic E-state index is 13.4. The first-order valence-electron chi connectivity index (χ1n) is 4.09. The summed E-state index contributed by atoms with van der Waals surface area (Å²) in [6.07, 6.45) is -2.49.